The van der Waals surface area contributed by atoms with E-state index in [4.69, 9.17) is 17.4 Å². The van der Waals surface area contributed by atoms with Gasteiger partial charge in [0.05, 0.1) is 23.5 Å². The van der Waals surface area contributed by atoms with Gasteiger partial charge in [0.25, 0.3) is 5.91 Å². The first-order valence-corrected chi connectivity index (χ1v) is 6.85. The molecule has 0 aliphatic heterocycles. The number of nitrogens with one attached hydrogen (secondary N) is 1. The first-order valence-electron chi connectivity index (χ1n) is 6.48. The smallest absolute Gasteiger partial charge is 0.256 e. The van der Waals surface area contributed by atoms with Gasteiger partial charge in [-0.1, -0.05) is 23.7 Å². The van der Waals surface area contributed by atoms with E-state index in [0.29, 0.717) is 16.3 Å². The summed E-state index contributed by atoms with van der Waals surface area (Å²) < 4.78 is 0. The maximum Gasteiger partial charge on any atom is 0.256 e. The summed E-state index contributed by atoms with van der Waals surface area (Å²) in [7, 11) is 1.74. The van der Waals surface area contributed by atoms with E-state index in [-0.39, 0.29) is 11.9 Å². The predicted octanol–water partition coefficient (Wildman–Crippen LogP) is 2.85. The summed E-state index contributed by atoms with van der Waals surface area (Å²) in [5.74, 6) is 5.28. The van der Waals surface area contributed by atoms with Crippen molar-refractivity contribution >= 4 is 23.2 Å². The molecule has 1 atom stereocenters. The third kappa shape index (κ3) is 3.32. The molecule has 0 aliphatic rings. The van der Waals surface area contributed by atoms with Gasteiger partial charge < -0.3 is 10.3 Å². The lowest BCUT2D eigenvalue weighted by Gasteiger charge is -2.26. The first-order chi connectivity index (χ1) is 10.0. The van der Waals surface area contributed by atoms with Crippen LogP contribution in [0.15, 0.2) is 42.7 Å². The number of hydrogen-bond acceptors (Lipinski definition) is 4. The maximum atomic E-state index is 12.6. The lowest BCUT2D eigenvalue weighted by Crippen LogP contribution is -2.30. The van der Waals surface area contributed by atoms with Crippen molar-refractivity contribution in [2.75, 3.05) is 12.5 Å². The quantitative estimate of drug-likeness (QED) is 0.673. The number of hydrogen-bond donors (Lipinski definition) is 2. The molecule has 5 nitrogen and oxygen atoms in total. The molecule has 0 fully saturated rings. The summed E-state index contributed by atoms with van der Waals surface area (Å²) in [4.78, 5) is 18.2. The third-order valence-corrected chi connectivity index (χ3v) is 3.67. The van der Waals surface area contributed by atoms with Crippen LogP contribution in [0.2, 0.25) is 5.02 Å². The van der Waals surface area contributed by atoms with Crippen LogP contribution in [0.1, 0.15) is 28.9 Å². The van der Waals surface area contributed by atoms with Gasteiger partial charge in [-0.3, -0.25) is 15.6 Å². The van der Waals surface area contributed by atoms with E-state index in [1.807, 2.05) is 25.1 Å². The van der Waals surface area contributed by atoms with Crippen LogP contribution in [0.3, 0.4) is 0 Å². The Kier molecular flexibility index (Phi) is 4.77. The van der Waals surface area contributed by atoms with Gasteiger partial charge in [0.15, 0.2) is 0 Å². The number of aromatic nitrogens is 1. The van der Waals surface area contributed by atoms with E-state index < -0.39 is 0 Å². The molecule has 2 rings (SSSR count). The van der Waals surface area contributed by atoms with Crippen LogP contribution < -0.4 is 11.3 Å². The van der Waals surface area contributed by atoms with E-state index in [1.54, 1.807) is 30.3 Å². The fraction of sp³-hybridized carbons (Fsp3) is 0.200. The van der Waals surface area contributed by atoms with Gasteiger partial charge in [0.2, 0.25) is 0 Å². The molecule has 110 valence electrons. The second-order valence-corrected chi connectivity index (χ2v) is 5.15. The molecule has 1 aromatic heterocycles. The third-order valence-electron chi connectivity index (χ3n) is 3.44. The number of anilines is 1. The summed E-state index contributed by atoms with van der Waals surface area (Å²) >= 11 is 6.00. The van der Waals surface area contributed by atoms with E-state index >= 15 is 0 Å². The summed E-state index contributed by atoms with van der Waals surface area (Å²) in [6.07, 6.45) is 3.08. The zero-order chi connectivity index (χ0) is 15.4. The highest BCUT2D eigenvalue weighted by molar-refractivity contribution is 6.30. The molecule has 0 saturated carbocycles. The molecule has 0 radical (unpaired) electrons. The SMILES string of the molecule is CC(c1cccc(Cl)c1)N(C)C(=O)c1ccncc1NN. The van der Waals surface area contributed by atoms with E-state index in [2.05, 4.69) is 10.4 Å². The van der Waals surface area contributed by atoms with Crippen molar-refractivity contribution in [1.29, 1.82) is 0 Å². The average Bonchev–Trinajstić information content (AvgIpc) is 2.52. The van der Waals surface area contributed by atoms with Crippen molar-refractivity contribution < 1.29 is 4.79 Å². The Balaban J connectivity index is 2.26. The molecular weight excluding hydrogens is 288 g/mol. The van der Waals surface area contributed by atoms with Gasteiger partial charge in [-0.2, -0.15) is 0 Å². The Labute approximate surface area is 128 Å². The van der Waals surface area contributed by atoms with Crippen LogP contribution in [-0.4, -0.2) is 22.8 Å². The van der Waals surface area contributed by atoms with Crippen LogP contribution in [0, 0.1) is 0 Å². The number of halogens is 1. The van der Waals surface area contributed by atoms with Crippen molar-refractivity contribution in [3.05, 3.63) is 58.9 Å². The van der Waals surface area contributed by atoms with Crippen LogP contribution in [-0.2, 0) is 0 Å². The monoisotopic (exact) mass is 304 g/mol. The minimum Gasteiger partial charge on any atom is -0.335 e. The second-order valence-electron chi connectivity index (χ2n) is 4.71. The Morgan fingerprint density at radius 2 is 2.19 bits per heavy atom. The van der Waals surface area contributed by atoms with Crippen LogP contribution in [0.4, 0.5) is 5.69 Å². The molecule has 0 bridgehead atoms. The highest BCUT2D eigenvalue weighted by atomic mass is 35.5. The number of carbonyl (C=O) groups excluding carboxylic acids is 1. The molecule has 1 heterocycles. The first kappa shape index (κ1) is 15.3. The predicted molar refractivity (Wildman–Crippen MR) is 84.0 cm³/mol. The zero-order valence-electron chi connectivity index (χ0n) is 11.9. The number of hydrazine groups is 1. The molecule has 0 spiro atoms. The van der Waals surface area contributed by atoms with Crippen molar-refractivity contribution in [1.82, 2.24) is 9.88 Å². The zero-order valence-corrected chi connectivity index (χ0v) is 12.6. The normalized spacial score (nSPS) is 11.8. The molecule has 1 unspecified atom stereocenters. The van der Waals surface area contributed by atoms with Gasteiger partial charge in [-0.15, -0.1) is 0 Å². The average molecular weight is 305 g/mol. The topological polar surface area (TPSA) is 71.2 Å². The molecule has 3 N–H and O–H groups in total. The number of rotatable bonds is 4. The fourth-order valence-corrected chi connectivity index (χ4v) is 2.25. The fourth-order valence-electron chi connectivity index (χ4n) is 2.05. The van der Waals surface area contributed by atoms with Gasteiger partial charge in [-0.25, -0.2) is 0 Å². The van der Waals surface area contributed by atoms with E-state index in [1.165, 1.54) is 6.20 Å². The standard InChI is InChI=1S/C15H17ClN4O/c1-10(11-4-3-5-12(16)8-11)20(2)15(21)13-6-7-18-9-14(13)19-17/h3-10,19H,17H2,1-2H3. The van der Waals surface area contributed by atoms with Gasteiger partial charge in [-0.05, 0) is 30.7 Å². The van der Waals surface area contributed by atoms with Gasteiger partial charge in [0, 0.05) is 18.3 Å². The summed E-state index contributed by atoms with van der Waals surface area (Å²) in [6.45, 7) is 1.94. The minimum atomic E-state index is -0.141. The number of benzene rings is 1. The van der Waals surface area contributed by atoms with Crippen LogP contribution in [0.5, 0.6) is 0 Å². The summed E-state index contributed by atoms with van der Waals surface area (Å²) in [6, 6.07) is 8.98. The lowest BCUT2D eigenvalue weighted by atomic mass is 10.1. The number of nitrogens with zero attached hydrogens (tertiary/aromatic N) is 2. The van der Waals surface area contributed by atoms with Crippen LogP contribution in [0.25, 0.3) is 0 Å². The molecule has 1 aromatic carbocycles. The molecule has 0 aliphatic carbocycles. The van der Waals surface area contributed by atoms with Gasteiger partial charge in [0.1, 0.15) is 0 Å². The summed E-state index contributed by atoms with van der Waals surface area (Å²) in [5, 5.41) is 0.647. The molecular formula is C15H17ClN4O. The molecule has 1 amide bonds. The van der Waals surface area contributed by atoms with E-state index in [0.717, 1.165) is 5.56 Å². The van der Waals surface area contributed by atoms with Crippen molar-refractivity contribution in [3.63, 3.8) is 0 Å². The van der Waals surface area contributed by atoms with Gasteiger partial charge >= 0.3 is 0 Å². The minimum absolute atomic E-state index is 0.116. The van der Waals surface area contributed by atoms with Crippen molar-refractivity contribution in [2.45, 2.75) is 13.0 Å². The van der Waals surface area contributed by atoms with E-state index in [9.17, 15) is 4.79 Å². The number of nitrogens with two attached hydrogens (primary N) is 1. The highest BCUT2D eigenvalue weighted by Crippen LogP contribution is 2.24. The Morgan fingerprint density at radius 1 is 1.43 bits per heavy atom. The largest absolute Gasteiger partial charge is 0.335 e. The number of pyridine rings is 1. The lowest BCUT2D eigenvalue weighted by molar-refractivity contribution is 0.0743. The number of amides is 1. The van der Waals surface area contributed by atoms with Crippen LogP contribution >= 0.6 is 11.6 Å². The Morgan fingerprint density at radius 3 is 2.86 bits per heavy atom. The Hall–Kier alpha value is -2.11. The molecule has 0 saturated heterocycles. The highest BCUT2D eigenvalue weighted by Gasteiger charge is 2.21. The number of carbonyl (C=O) groups is 1. The molecule has 6 heteroatoms. The summed E-state index contributed by atoms with van der Waals surface area (Å²) in [5.41, 5.74) is 4.42. The second kappa shape index (κ2) is 6.56. The molecule has 2 aromatic rings. The number of nitrogen functional groups attached to an aromatic ring is 1. The van der Waals surface area contributed by atoms with Crippen molar-refractivity contribution in [3.8, 4) is 0 Å². The molecule has 21 heavy (non-hydrogen) atoms. The maximum absolute atomic E-state index is 12.6. The van der Waals surface area contributed by atoms with Crippen molar-refractivity contribution in [2.24, 2.45) is 5.84 Å². The Bertz CT molecular complexity index is 647.